The van der Waals surface area contributed by atoms with Gasteiger partial charge in [-0.1, -0.05) is 42.5 Å². The van der Waals surface area contributed by atoms with Crippen molar-refractivity contribution in [3.05, 3.63) is 88.1 Å². The van der Waals surface area contributed by atoms with Crippen LogP contribution in [0, 0.1) is 13.8 Å². The van der Waals surface area contributed by atoms with Gasteiger partial charge >= 0.3 is 0 Å². The SMILES string of the molecule is Cc1cccc(-n2ncc3c(=O)n(CC(=O)NCCc4ccccc4)cnc32)c1C. The summed E-state index contributed by atoms with van der Waals surface area (Å²) in [6.07, 6.45) is 3.66. The second-order valence-corrected chi connectivity index (χ2v) is 7.28. The molecule has 0 aliphatic heterocycles. The number of amides is 1. The lowest BCUT2D eigenvalue weighted by Gasteiger charge is -2.10. The topological polar surface area (TPSA) is 81.8 Å². The van der Waals surface area contributed by atoms with E-state index in [9.17, 15) is 9.59 Å². The second-order valence-electron chi connectivity index (χ2n) is 7.28. The van der Waals surface area contributed by atoms with Crippen LogP contribution in [0.5, 0.6) is 0 Å². The summed E-state index contributed by atoms with van der Waals surface area (Å²) in [6.45, 7) is 4.48. The molecule has 4 aromatic rings. The lowest BCUT2D eigenvalue weighted by molar-refractivity contribution is -0.121. The van der Waals surface area contributed by atoms with E-state index >= 15 is 0 Å². The van der Waals surface area contributed by atoms with Gasteiger partial charge in [0.15, 0.2) is 5.65 Å². The number of hydrogen-bond acceptors (Lipinski definition) is 4. The molecule has 1 N–H and O–H groups in total. The van der Waals surface area contributed by atoms with Crippen molar-refractivity contribution < 1.29 is 4.79 Å². The van der Waals surface area contributed by atoms with Crippen LogP contribution in [0.2, 0.25) is 0 Å². The van der Waals surface area contributed by atoms with Crippen molar-refractivity contribution in [2.45, 2.75) is 26.8 Å². The molecular formula is C23H23N5O2. The molecule has 1 amide bonds. The number of aryl methyl sites for hydroxylation is 1. The molecule has 2 aromatic heterocycles. The molecule has 0 fully saturated rings. The van der Waals surface area contributed by atoms with Crippen LogP contribution in [-0.2, 0) is 17.8 Å². The zero-order valence-corrected chi connectivity index (χ0v) is 17.0. The fourth-order valence-corrected chi connectivity index (χ4v) is 3.40. The maximum absolute atomic E-state index is 12.8. The molecule has 0 spiro atoms. The van der Waals surface area contributed by atoms with Gasteiger partial charge in [-0.25, -0.2) is 9.67 Å². The summed E-state index contributed by atoms with van der Waals surface area (Å²) in [6, 6.07) is 15.9. The molecule has 2 heterocycles. The van der Waals surface area contributed by atoms with Gasteiger partial charge in [-0.3, -0.25) is 14.2 Å². The summed E-state index contributed by atoms with van der Waals surface area (Å²) in [5.74, 6) is -0.226. The third-order valence-electron chi connectivity index (χ3n) is 5.25. The Hall–Kier alpha value is -3.74. The Morgan fingerprint density at radius 3 is 2.67 bits per heavy atom. The van der Waals surface area contributed by atoms with Crippen LogP contribution < -0.4 is 10.9 Å². The third kappa shape index (κ3) is 3.87. The third-order valence-corrected chi connectivity index (χ3v) is 5.25. The fourth-order valence-electron chi connectivity index (χ4n) is 3.40. The Bertz CT molecular complexity index is 1260. The van der Waals surface area contributed by atoms with Crippen LogP contribution in [-0.4, -0.2) is 31.8 Å². The molecule has 0 aliphatic carbocycles. The maximum atomic E-state index is 12.8. The summed E-state index contributed by atoms with van der Waals surface area (Å²) in [5.41, 5.74) is 4.44. The predicted octanol–water partition coefficient (Wildman–Crippen LogP) is 2.56. The molecular weight excluding hydrogens is 378 g/mol. The molecule has 0 bridgehead atoms. The van der Waals surface area contributed by atoms with Gasteiger partial charge < -0.3 is 5.32 Å². The van der Waals surface area contributed by atoms with Crippen molar-refractivity contribution in [2.75, 3.05) is 6.54 Å². The first-order valence-electron chi connectivity index (χ1n) is 9.85. The Morgan fingerprint density at radius 2 is 1.87 bits per heavy atom. The summed E-state index contributed by atoms with van der Waals surface area (Å²) < 4.78 is 2.98. The monoisotopic (exact) mass is 401 g/mol. The predicted molar refractivity (Wildman–Crippen MR) is 116 cm³/mol. The van der Waals surface area contributed by atoms with Crippen LogP contribution in [0.3, 0.4) is 0 Å². The molecule has 0 aliphatic rings. The Morgan fingerprint density at radius 1 is 1.07 bits per heavy atom. The lowest BCUT2D eigenvalue weighted by atomic mass is 10.1. The van der Waals surface area contributed by atoms with Crippen molar-refractivity contribution >= 4 is 16.9 Å². The van der Waals surface area contributed by atoms with E-state index in [0.29, 0.717) is 17.6 Å². The normalized spacial score (nSPS) is 11.0. The van der Waals surface area contributed by atoms with Crippen molar-refractivity contribution in [1.29, 1.82) is 0 Å². The number of hydrogen-bond donors (Lipinski definition) is 1. The Balaban J connectivity index is 1.51. The van der Waals surface area contributed by atoms with E-state index in [1.165, 1.54) is 17.1 Å². The molecule has 2 aromatic carbocycles. The zero-order chi connectivity index (χ0) is 21.1. The van der Waals surface area contributed by atoms with Gasteiger partial charge in [0, 0.05) is 6.54 Å². The molecule has 0 unspecified atom stereocenters. The van der Waals surface area contributed by atoms with Crippen LogP contribution in [0.1, 0.15) is 16.7 Å². The van der Waals surface area contributed by atoms with E-state index in [1.807, 2.05) is 62.4 Å². The average Bonchev–Trinajstić information content (AvgIpc) is 3.17. The molecule has 152 valence electrons. The highest BCUT2D eigenvalue weighted by atomic mass is 16.2. The van der Waals surface area contributed by atoms with Crippen molar-refractivity contribution in [3.8, 4) is 5.69 Å². The van der Waals surface area contributed by atoms with Crippen molar-refractivity contribution in [3.63, 3.8) is 0 Å². The fraction of sp³-hybridized carbons (Fsp3) is 0.217. The van der Waals surface area contributed by atoms with Gasteiger partial charge in [0.05, 0.1) is 11.9 Å². The quantitative estimate of drug-likeness (QED) is 0.538. The first kappa shape index (κ1) is 19.6. The highest BCUT2D eigenvalue weighted by Gasteiger charge is 2.14. The van der Waals surface area contributed by atoms with Crippen LogP contribution >= 0.6 is 0 Å². The van der Waals surface area contributed by atoms with Gasteiger partial charge in [0.1, 0.15) is 18.3 Å². The van der Waals surface area contributed by atoms with E-state index in [-0.39, 0.29) is 18.0 Å². The summed E-state index contributed by atoms with van der Waals surface area (Å²) in [7, 11) is 0. The highest BCUT2D eigenvalue weighted by molar-refractivity contribution is 5.78. The Labute approximate surface area is 174 Å². The number of carbonyl (C=O) groups is 1. The largest absolute Gasteiger partial charge is 0.354 e. The second kappa shape index (κ2) is 8.32. The Kier molecular flexibility index (Phi) is 5.43. The lowest BCUT2D eigenvalue weighted by Crippen LogP contribution is -2.33. The number of rotatable bonds is 6. The first-order valence-corrected chi connectivity index (χ1v) is 9.85. The molecule has 0 atom stereocenters. The molecule has 7 nitrogen and oxygen atoms in total. The smallest absolute Gasteiger partial charge is 0.264 e. The summed E-state index contributed by atoms with van der Waals surface area (Å²) in [4.78, 5) is 29.5. The number of carbonyl (C=O) groups excluding carboxylic acids is 1. The van der Waals surface area contributed by atoms with E-state index in [4.69, 9.17) is 0 Å². The van der Waals surface area contributed by atoms with E-state index < -0.39 is 0 Å². The van der Waals surface area contributed by atoms with Gasteiger partial charge in [-0.2, -0.15) is 5.10 Å². The molecule has 4 rings (SSSR count). The molecule has 0 saturated carbocycles. The van der Waals surface area contributed by atoms with Gasteiger partial charge in [0.2, 0.25) is 5.91 Å². The van der Waals surface area contributed by atoms with E-state index in [1.54, 1.807) is 4.68 Å². The van der Waals surface area contributed by atoms with Crippen molar-refractivity contribution in [1.82, 2.24) is 24.6 Å². The zero-order valence-electron chi connectivity index (χ0n) is 17.0. The summed E-state index contributed by atoms with van der Waals surface area (Å²) in [5, 5.41) is 7.61. The minimum absolute atomic E-state index is 0.0782. The van der Waals surface area contributed by atoms with Gasteiger partial charge in [-0.05, 0) is 43.0 Å². The first-order chi connectivity index (χ1) is 14.5. The van der Waals surface area contributed by atoms with Crippen LogP contribution in [0.15, 0.2) is 65.8 Å². The van der Waals surface area contributed by atoms with E-state index in [2.05, 4.69) is 15.4 Å². The molecule has 0 saturated heterocycles. The van der Waals surface area contributed by atoms with Crippen LogP contribution in [0.25, 0.3) is 16.7 Å². The number of fused-ring (bicyclic) bond motifs is 1. The van der Waals surface area contributed by atoms with Gasteiger partial charge in [0.25, 0.3) is 5.56 Å². The number of benzene rings is 2. The highest BCUT2D eigenvalue weighted by Crippen LogP contribution is 2.19. The number of nitrogens with one attached hydrogen (secondary N) is 1. The van der Waals surface area contributed by atoms with Crippen LogP contribution in [0.4, 0.5) is 0 Å². The number of aromatic nitrogens is 4. The number of nitrogens with zero attached hydrogens (tertiary/aromatic N) is 4. The molecule has 7 heteroatoms. The van der Waals surface area contributed by atoms with Gasteiger partial charge in [-0.15, -0.1) is 0 Å². The maximum Gasteiger partial charge on any atom is 0.264 e. The average molecular weight is 401 g/mol. The van der Waals surface area contributed by atoms with Crippen molar-refractivity contribution in [2.24, 2.45) is 0 Å². The summed E-state index contributed by atoms with van der Waals surface area (Å²) >= 11 is 0. The molecule has 0 radical (unpaired) electrons. The van der Waals surface area contributed by atoms with E-state index in [0.717, 1.165) is 28.8 Å². The minimum Gasteiger partial charge on any atom is -0.354 e. The molecule has 30 heavy (non-hydrogen) atoms. The minimum atomic E-state index is -0.283. The standard InChI is InChI=1S/C23H23N5O2/c1-16-7-6-10-20(17(16)2)28-22-19(13-26-28)23(30)27(15-25-22)14-21(29)24-12-11-18-8-4-3-5-9-18/h3-10,13,15H,11-12,14H2,1-2H3,(H,24,29).